The van der Waals surface area contributed by atoms with Crippen molar-refractivity contribution in [3.63, 3.8) is 0 Å². The highest BCUT2D eigenvalue weighted by Crippen LogP contribution is 2.52. The number of hydrogen-bond acceptors (Lipinski definition) is 5. The minimum absolute atomic E-state index is 0.0327. The second-order valence-electron chi connectivity index (χ2n) is 12.2. The standard InChI is InChI=1S/C31H32BrClN2O4/c1-30(2)12-21-28(23(36)14-30)27(29-22(34-21)13-31(3,4)15-24(29)37)18-11-17(32)9-10-25(18)39-16-26(38)35-20-8-6-5-7-19(20)33/h5-11,27,34H,12-16H2,1-4H3,(H,35,38). The monoisotopic (exact) mass is 610 g/mol. The van der Waals surface area contributed by atoms with Crippen molar-refractivity contribution in [1.82, 2.24) is 5.32 Å². The van der Waals surface area contributed by atoms with Crippen LogP contribution in [0.1, 0.15) is 64.9 Å². The molecule has 39 heavy (non-hydrogen) atoms. The predicted molar refractivity (Wildman–Crippen MR) is 156 cm³/mol. The number of Topliss-reactive ketones (excluding diaryl/α,β-unsaturated/α-hetero) is 2. The Morgan fingerprint density at radius 3 is 2.15 bits per heavy atom. The molecule has 6 nitrogen and oxygen atoms in total. The fraction of sp³-hybridized carbons (Fsp3) is 0.387. The number of ketones is 2. The summed E-state index contributed by atoms with van der Waals surface area (Å²) in [6.07, 6.45) is 2.22. The van der Waals surface area contributed by atoms with Gasteiger partial charge in [0.25, 0.3) is 5.91 Å². The zero-order valence-corrected chi connectivity index (χ0v) is 24.9. The lowest BCUT2D eigenvalue weighted by Crippen LogP contribution is -2.42. The van der Waals surface area contributed by atoms with Gasteiger partial charge in [0.15, 0.2) is 18.2 Å². The van der Waals surface area contributed by atoms with Gasteiger partial charge in [-0.3, -0.25) is 14.4 Å². The largest absolute Gasteiger partial charge is 0.483 e. The van der Waals surface area contributed by atoms with Gasteiger partial charge in [-0.05, 0) is 54.0 Å². The molecule has 0 atom stereocenters. The van der Waals surface area contributed by atoms with Gasteiger partial charge < -0.3 is 15.4 Å². The van der Waals surface area contributed by atoms with E-state index < -0.39 is 5.92 Å². The molecule has 0 spiro atoms. The molecule has 2 aliphatic carbocycles. The lowest BCUT2D eigenvalue weighted by atomic mass is 9.64. The highest BCUT2D eigenvalue weighted by atomic mass is 79.9. The van der Waals surface area contributed by atoms with Gasteiger partial charge in [0.1, 0.15) is 5.75 Å². The molecular formula is C31H32BrClN2O4. The number of carbonyl (C=O) groups is 3. The summed E-state index contributed by atoms with van der Waals surface area (Å²) in [6, 6.07) is 12.5. The molecule has 0 fully saturated rings. The van der Waals surface area contributed by atoms with E-state index in [2.05, 4.69) is 54.3 Å². The number of carbonyl (C=O) groups excluding carboxylic acids is 3. The van der Waals surface area contributed by atoms with Gasteiger partial charge >= 0.3 is 0 Å². The van der Waals surface area contributed by atoms with Crippen LogP contribution in [0.4, 0.5) is 5.69 Å². The predicted octanol–water partition coefficient (Wildman–Crippen LogP) is 7.09. The Hall–Kier alpha value is -2.90. The number of benzene rings is 2. The number of ether oxygens (including phenoxy) is 1. The summed E-state index contributed by atoms with van der Waals surface area (Å²) in [7, 11) is 0. The minimum atomic E-state index is -0.567. The van der Waals surface area contributed by atoms with Gasteiger partial charge in [0, 0.05) is 51.3 Å². The van der Waals surface area contributed by atoms with Crippen LogP contribution in [0.2, 0.25) is 5.02 Å². The lowest BCUT2D eigenvalue weighted by Gasteiger charge is -2.44. The normalized spacial score (nSPS) is 20.3. The van der Waals surface area contributed by atoms with Crippen LogP contribution >= 0.6 is 27.5 Å². The van der Waals surface area contributed by atoms with Crippen molar-refractivity contribution in [2.75, 3.05) is 11.9 Å². The third-order valence-electron chi connectivity index (χ3n) is 7.51. The third kappa shape index (κ3) is 5.71. The first-order chi connectivity index (χ1) is 18.3. The summed E-state index contributed by atoms with van der Waals surface area (Å²) >= 11 is 9.76. The zero-order chi connectivity index (χ0) is 28.1. The number of allylic oxidation sites excluding steroid dienone is 4. The molecule has 0 saturated heterocycles. The highest BCUT2D eigenvalue weighted by Gasteiger charge is 2.47. The van der Waals surface area contributed by atoms with Crippen molar-refractivity contribution in [1.29, 1.82) is 0 Å². The molecule has 0 saturated carbocycles. The number of dihydropyridines is 1. The number of nitrogens with one attached hydrogen (secondary N) is 2. The maximum absolute atomic E-state index is 13.7. The van der Waals surface area contributed by atoms with Crippen LogP contribution in [0.3, 0.4) is 0 Å². The molecule has 2 N–H and O–H groups in total. The van der Waals surface area contributed by atoms with Crippen LogP contribution in [0.25, 0.3) is 0 Å². The van der Waals surface area contributed by atoms with Gasteiger partial charge in [-0.1, -0.05) is 67.4 Å². The second kappa shape index (κ2) is 10.3. The zero-order valence-electron chi connectivity index (χ0n) is 22.5. The van der Waals surface area contributed by atoms with Crippen LogP contribution in [-0.2, 0) is 14.4 Å². The summed E-state index contributed by atoms with van der Waals surface area (Å²) in [6.45, 7) is 8.12. The third-order valence-corrected chi connectivity index (χ3v) is 8.33. The molecular weight excluding hydrogens is 580 g/mol. The molecule has 1 heterocycles. The average Bonchev–Trinajstić information content (AvgIpc) is 2.82. The Balaban J connectivity index is 1.55. The first-order valence-corrected chi connectivity index (χ1v) is 14.3. The van der Waals surface area contributed by atoms with E-state index in [0.29, 0.717) is 58.9 Å². The van der Waals surface area contributed by atoms with Crippen LogP contribution in [0, 0.1) is 10.8 Å². The molecule has 5 rings (SSSR count). The quantitative estimate of drug-likeness (QED) is 0.377. The Morgan fingerprint density at radius 1 is 0.974 bits per heavy atom. The van der Waals surface area contributed by atoms with E-state index in [9.17, 15) is 14.4 Å². The second-order valence-corrected chi connectivity index (χ2v) is 13.5. The molecule has 0 radical (unpaired) electrons. The van der Waals surface area contributed by atoms with E-state index in [1.807, 2.05) is 12.1 Å². The molecule has 2 aromatic rings. The van der Waals surface area contributed by atoms with Gasteiger partial charge in [-0.2, -0.15) is 0 Å². The van der Waals surface area contributed by atoms with E-state index in [-0.39, 0.29) is 34.9 Å². The molecule has 2 aromatic carbocycles. The fourth-order valence-corrected chi connectivity index (χ4v) is 6.53. The van der Waals surface area contributed by atoms with Crippen LogP contribution in [-0.4, -0.2) is 24.1 Å². The molecule has 0 unspecified atom stereocenters. The number of halogens is 2. The summed E-state index contributed by atoms with van der Waals surface area (Å²) in [4.78, 5) is 40.1. The summed E-state index contributed by atoms with van der Waals surface area (Å²) in [5, 5.41) is 6.74. The van der Waals surface area contributed by atoms with E-state index in [0.717, 1.165) is 15.9 Å². The number of amides is 1. The molecule has 1 aliphatic heterocycles. The molecule has 204 valence electrons. The maximum Gasteiger partial charge on any atom is 0.262 e. The van der Waals surface area contributed by atoms with Crippen molar-refractivity contribution >= 4 is 50.7 Å². The molecule has 0 aromatic heterocycles. The highest BCUT2D eigenvalue weighted by molar-refractivity contribution is 9.10. The number of para-hydroxylation sites is 1. The first kappa shape index (κ1) is 27.7. The fourth-order valence-electron chi connectivity index (χ4n) is 5.97. The Labute approximate surface area is 242 Å². The van der Waals surface area contributed by atoms with Gasteiger partial charge in [-0.25, -0.2) is 0 Å². The van der Waals surface area contributed by atoms with Crippen LogP contribution in [0.5, 0.6) is 5.75 Å². The summed E-state index contributed by atoms with van der Waals surface area (Å²) in [5.74, 6) is -0.417. The first-order valence-electron chi connectivity index (χ1n) is 13.1. The van der Waals surface area contributed by atoms with Gasteiger partial charge in [0.05, 0.1) is 10.7 Å². The Kier molecular flexibility index (Phi) is 7.27. The SMILES string of the molecule is CC1(C)CC(=O)C2=C(C1)NC1=C(C(=O)CC(C)(C)C1)C2c1cc(Br)ccc1OCC(=O)Nc1ccccc1Cl. The number of hydrogen-bond donors (Lipinski definition) is 2. The minimum Gasteiger partial charge on any atom is -0.483 e. The molecule has 0 bridgehead atoms. The molecule has 8 heteroatoms. The summed E-state index contributed by atoms with van der Waals surface area (Å²) < 4.78 is 6.86. The van der Waals surface area contributed by atoms with Gasteiger partial charge in [-0.15, -0.1) is 0 Å². The number of rotatable bonds is 5. The maximum atomic E-state index is 13.7. The van der Waals surface area contributed by atoms with E-state index in [1.165, 1.54) is 0 Å². The molecule has 1 amide bonds. The van der Waals surface area contributed by atoms with Crippen molar-refractivity contribution in [3.8, 4) is 5.75 Å². The Morgan fingerprint density at radius 2 is 1.56 bits per heavy atom. The van der Waals surface area contributed by atoms with Crippen molar-refractivity contribution in [3.05, 3.63) is 80.1 Å². The van der Waals surface area contributed by atoms with E-state index in [1.54, 1.807) is 30.3 Å². The lowest BCUT2D eigenvalue weighted by molar-refractivity contribution is -0.120. The van der Waals surface area contributed by atoms with Crippen molar-refractivity contribution < 1.29 is 19.1 Å². The van der Waals surface area contributed by atoms with Crippen molar-refractivity contribution in [2.45, 2.75) is 59.3 Å². The number of anilines is 1. The van der Waals surface area contributed by atoms with E-state index in [4.69, 9.17) is 16.3 Å². The topological polar surface area (TPSA) is 84.5 Å². The van der Waals surface area contributed by atoms with Gasteiger partial charge in [0.2, 0.25) is 0 Å². The smallest absolute Gasteiger partial charge is 0.262 e. The van der Waals surface area contributed by atoms with E-state index >= 15 is 0 Å². The molecule has 3 aliphatic rings. The average molecular weight is 612 g/mol. The Bertz CT molecular complexity index is 1400. The summed E-state index contributed by atoms with van der Waals surface area (Å²) in [5.41, 5.74) is 3.84. The van der Waals surface area contributed by atoms with Crippen LogP contribution < -0.4 is 15.4 Å². The van der Waals surface area contributed by atoms with Crippen LogP contribution in [0.15, 0.2) is 69.5 Å². The van der Waals surface area contributed by atoms with Crippen molar-refractivity contribution in [2.24, 2.45) is 10.8 Å².